The minimum absolute atomic E-state index is 0.103. The van der Waals surface area contributed by atoms with E-state index >= 15 is 0 Å². The van der Waals surface area contributed by atoms with Crippen LogP contribution in [-0.4, -0.2) is 40.3 Å². The fourth-order valence-electron chi connectivity index (χ4n) is 1.53. The van der Waals surface area contributed by atoms with E-state index in [1.807, 2.05) is 18.0 Å². The number of fused-ring (bicyclic) bond motifs is 1. The highest BCUT2D eigenvalue weighted by Crippen LogP contribution is 2.12. The van der Waals surface area contributed by atoms with Crippen LogP contribution in [0.5, 0.6) is 0 Å². The number of nitrogens with one attached hydrogen (secondary N) is 1. The van der Waals surface area contributed by atoms with Crippen LogP contribution in [0.15, 0.2) is 24.5 Å². The van der Waals surface area contributed by atoms with E-state index in [0.717, 1.165) is 24.0 Å². The number of aliphatic hydroxyl groups excluding tert-OH is 1. The molecule has 0 saturated heterocycles. The summed E-state index contributed by atoms with van der Waals surface area (Å²) in [7, 11) is 1.90. The van der Waals surface area contributed by atoms with Crippen LogP contribution in [0, 0.1) is 0 Å². The zero-order valence-electron chi connectivity index (χ0n) is 8.77. The van der Waals surface area contributed by atoms with E-state index in [9.17, 15) is 0 Å². The summed E-state index contributed by atoms with van der Waals surface area (Å²) in [4.78, 5) is 9.12. The number of aromatic nitrogens is 2. The van der Waals surface area contributed by atoms with Crippen molar-refractivity contribution in [2.24, 2.45) is 0 Å². The number of benzene rings is 1. The van der Waals surface area contributed by atoms with Gasteiger partial charge in [-0.15, -0.1) is 0 Å². The van der Waals surface area contributed by atoms with Crippen molar-refractivity contribution >= 4 is 11.0 Å². The summed E-state index contributed by atoms with van der Waals surface area (Å²) < 4.78 is 0. The lowest BCUT2D eigenvalue weighted by molar-refractivity contribution is 0.134. The van der Waals surface area contributed by atoms with Crippen LogP contribution < -0.4 is 0 Å². The smallest absolute Gasteiger partial charge is 0.0954 e. The number of rotatable bonds is 4. The first-order chi connectivity index (χ1) is 7.29. The molecule has 0 aliphatic carbocycles. The van der Waals surface area contributed by atoms with Crippen LogP contribution >= 0.6 is 0 Å². The summed E-state index contributed by atoms with van der Waals surface area (Å²) in [6, 6.07) is 6.20. The van der Waals surface area contributed by atoms with E-state index in [1.54, 1.807) is 6.33 Å². The molecule has 2 aromatic rings. The molecule has 1 aromatic carbocycles. The van der Waals surface area contributed by atoms with Gasteiger partial charge in [0.15, 0.2) is 0 Å². The minimum Gasteiger partial charge on any atom is -0.381 e. The quantitative estimate of drug-likeness (QED) is 0.732. The van der Waals surface area contributed by atoms with Crippen molar-refractivity contribution < 1.29 is 5.11 Å². The highest BCUT2D eigenvalue weighted by molar-refractivity contribution is 5.74. The van der Waals surface area contributed by atoms with Gasteiger partial charge in [0.25, 0.3) is 0 Å². The number of likely N-dealkylation sites (N-methyl/N-ethyl adjacent to an activating group) is 1. The minimum atomic E-state index is 0.103. The Morgan fingerprint density at radius 3 is 3.13 bits per heavy atom. The van der Waals surface area contributed by atoms with Crippen LogP contribution in [0.3, 0.4) is 0 Å². The van der Waals surface area contributed by atoms with Gasteiger partial charge in [-0.05, 0) is 31.2 Å². The molecule has 1 heterocycles. The summed E-state index contributed by atoms with van der Waals surface area (Å²) in [5, 5.41) is 8.86. The van der Waals surface area contributed by atoms with Gasteiger partial charge in [-0.1, -0.05) is 6.07 Å². The molecule has 0 amide bonds. The number of hydrogen-bond acceptors (Lipinski definition) is 3. The van der Waals surface area contributed by atoms with Gasteiger partial charge < -0.3 is 10.1 Å². The summed E-state index contributed by atoms with van der Waals surface area (Å²) in [5.41, 5.74) is 3.32. The first kappa shape index (κ1) is 10.1. The summed E-state index contributed by atoms with van der Waals surface area (Å²) in [6.07, 6.45) is 2.64. The molecule has 2 rings (SSSR count). The molecular weight excluding hydrogens is 190 g/mol. The molecule has 0 fully saturated rings. The van der Waals surface area contributed by atoms with Crippen LogP contribution in [0.1, 0.15) is 5.56 Å². The second-order valence-electron chi connectivity index (χ2n) is 3.73. The molecule has 15 heavy (non-hydrogen) atoms. The lowest BCUT2D eigenvalue weighted by Gasteiger charge is -2.12. The lowest BCUT2D eigenvalue weighted by Crippen LogP contribution is -2.21. The van der Waals surface area contributed by atoms with E-state index < -0.39 is 0 Å². The molecule has 2 N–H and O–H groups in total. The number of nitrogens with zero attached hydrogens (tertiary/aromatic N) is 2. The first-order valence-corrected chi connectivity index (χ1v) is 5.01. The Morgan fingerprint density at radius 2 is 2.33 bits per heavy atom. The first-order valence-electron chi connectivity index (χ1n) is 5.01. The maximum atomic E-state index is 8.86. The number of aromatic amines is 1. The monoisotopic (exact) mass is 205 g/mol. The molecule has 1 aromatic heterocycles. The summed E-state index contributed by atoms with van der Waals surface area (Å²) in [6.45, 7) is 0.961. The average molecular weight is 205 g/mol. The molecule has 0 aliphatic rings. The standard InChI is InChI=1S/C11H15N3O/c1-14(8-15)5-4-9-2-3-10-11(6-9)13-7-12-10/h2-3,6-7,15H,4-5,8H2,1H3,(H,12,13). The van der Waals surface area contributed by atoms with E-state index in [1.165, 1.54) is 5.56 Å². The highest BCUT2D eigenvalue weighted by atomic mass is 16.3. The zero-order chi connectivity index (χ0) is 10.7. The second-order valence-corrected chi connectivity index (χ2v) is 3.73. The van der Waals surface area contributed by atoms with E-state index in [2.05, 4.69) is 22.1 Å². The van der Waals surface area contributed by atoms with Crippen LogP contribution in [0.2, 0.25) is 0 Å². The Balaban J connectivity index is 2.08. The van der Waals surface area contributed by atoms with Crippen molar-refractivity contribution in [2.75, 3.05) is 20.3 Å². The molecule has 0 aliphatic heterocycles. The van der Waals surface area contributed by atoms with Crippen LogP contribution in [0.4, 0.5) is 0 Å². The highest BCUT2D eigenvalue weighted by Gasteiger charge is 2.00. The Kier molecular flexibility index (Phi) is 2.99. The second kappa shape index (κ2) is 4.42. The Morgan fingerprint density at radius 1 is 1.47 bits per heavy atom. The topological polar surface area (TPSA) is 52.1 Å². The van der Waals surface area contributed by atoms with Crippen molar-refractivity contribution in [2.45, 2.75) is 6.42 Å². The van der Waals surface area contributed by atoms with E-state index in [0.29, 0.717) is 0 Å². The normalized spacial score (nSPS) is 11.4. The fourth-order valence-corrected chi connectivity index (χ4v) is 1.53. The number of H-pyrrole nitrogens is 1. The van der Waals surface area contributed by atoms with Gasteiger partial charge in [0.2, 0.25) is 0 Å². The third-order valence-corrected chi connectivity index (χ3v) is 2.51. The fraction of sp³-hybridized carbons (Fsp3) is 0.364. The van der Waals surface area contributed by atoms with Gasteiger partial charge in [0.05, 0.1) is 24.1 Å². The van der Waals surface area contributed by atoms with Gasteiger partial charge in [-0.2, -0.15) is 0 Å². The summed E-state index contributed by atoms with van der Waals surface area (Å²) in [5.74, 6) is 0. The van der Waals surface area contributed by atoms with Gasteiger partial charge in [0, 0.05) is 6.54 Å². The maximum Gasteiger partial charge on any atom is 0.0954 e. The molecule has 4 nitrogen and oxygen atoms in total. The van der Waals surface area contributed by atoms with Crippen LogP contribution in [0.25, 0.3) is 11.0 Å². The largest absolute Gasteiger partial charge is 0.381 e. The number of imidazole rings is 1. The zero-order valence-corrected chi connectivity index (χ0v) is 8.77. The van der Waals surface area contributed by atoms with Gasteiger partial charge in [0.1, 0.15) is 0 Å². The number of hydrogen-bond donors (Lipinski definition) is 2. The van der Waals surface area contributed by atoms with Crippen molar-refractivity contribution in [1.29, 1.82) is 0 Å². The van der Waals surface area contributed by atoms with Crippen molar-refractivity contribution in [3.8, 4) is 0 Å². The Hall–Kier alpha value is -1.39. The van der Waals surface area contributed by atoms with Crippen molar-refractivity contribution in [3.05, 3.63) is 30.1 Å². The lowest BCUT2D eigenvalue weighted by atomic mass is 10.1. The molecule has 0 radical (unpaired) electrons. The molecule has 4 heteroatoms. The molecule has 0 unspecified atom stereocenters. The SMILES string of the molecule is CN(CO)CCc1ccc2nc[nH]c2c1. The maximum absolute atomic E-state index is 8.86. The molecule has 0 bridgehead atoms. The average Bonchev–Trinajstić information content (AvgIpc) is 2.72. The predicted octanol–water partition coefficient (Wildman–Crippen LogP) is 0.987. The van der Waals surface area contributed by atoms with Gasteiger partial charge in [-0.25, -0.2) is 4.98 Å². The Bertz CT molecular complexity index is 438. The van der Waals surface area contributed by atoms with Crippen LogP contribution in [-0.2, 0) is 6.42 Å². The molecule has 0 atom stereocenters. The van der Waals surface area contributed by atoms with Crippen molar-refractivity contribution in [1.82, 2.24) is 14.9 Å². The Labute approximate surface area is 88.6 Å². The van der Waals surface area contributed by atoms with Gasteiger partial charge >= 0.3 is 0 Å². The molecular formula is C11H15N3O. The van der Waals surface area contributed by atoms with Gasteiger partial charge in [-0.3, -0.25) is 4.90 Å². The van der Waals surface area contributed by atoms with Crippen molar-refractivity contribution in [3.63, 3.8) is 0 Å². The predicted molar refractivity (Wildman–Crippen MR) is 59.5 cm³/mol. The molecule has 0 spiro atoms. The molecule has 0 saturated carbocycles. The third-order valence-electron chi connectivity index (χ3n) is 2.51. The molecule has 80 valence electrons. The number of aliphatic hydroxyl groups is 1. The third kappa shape index (κ3) is 2.34. The van der Waals surface area contributed by atoms with E-state index in [-0.39, 0.29) is 6.73 Å². The van der Waals surface area contributed by atoms with E-state index in [4.69, 9.17) is 5.11 Å². The summed E-state index contributed by atoms with van der Waals surface area (Å²) >= 11 is 0.